The predicted molar refractivity (Wildman–Crippen MR) is 122 cm³/mol. The SMILES string of the molecule is CC(=O)SC1CC(=O)C=C2C[C@@H](SC(C)=O)[C@H]3[C@@H]4CC[C@@](C)(O)[C@@]4(C)CC[C@@H]3[C@]21C. The lowest BCUT2D eigenvalue weighted by Gasteiger charge is -2.62. The van der Waals surface area contributed by atoms with Crippen molar-refractivity contribution in [3.63, 3.8) is 0 Å². The maximum atomic E-state index is 12.6. The molecule has 0 amide bonds. The highest BCUT2D eigenvalue weighted by Gasteiger charge is 2.66. The maximum absolute atomic E-state index is 12.6. The van der Waals surface area contributed by atoms with Crippen LogP contribution in [0.15, 0.2) is 11.6 Å². The van der Waals surface area contributed by atoms with Crippen LogP contribution in [0.5, 0.6) is 0 Å². The summed E-state index contributed by atoms with van der Waals surface area (Å²) < 4.78 is 0. The Morgan fingerprint density at radius 1 is 1.00 bits per heavy atom. The standard InChI is InChI=1S/C24H34O4S2/c1-13(25)29-19-11-15-10-16(27)12-20(30-14(2)26)24(15,5)18-6-8-22(3)17(21(18)19)7-9-23(22,4)28/h10,17-21,28H,6-9,11-12H2,1-5H3/t17-,18-,19+,20?,21-,22-,23+,24-/m0/s1. The van der Waals surface area contributed by atoms with Gasteiger partial charge in [-0.1, -0.05) is 42.9 Å². The van der Waals surface area contributed by atoms with Crippen LogP contribution in [0.25, 0.3) is 0 Å². The summed E-state index contributed by atoms with van der Waals surface area (Å²) in [6.45, 7) is 9.74. The fourth-order valence-electron chi connectivity index (χ4n) is 7.47. The molecule has 0 heterocycles. The van der Waals surface area contributed by atoms with E-state index < -0.39 is 5.60 Å². The smallest absolute Gasteiger partial charge is 0.186 e. The molecule has 166 valence electrons. The number of carbonyl (C=O) groups is 3. The third-order valence-electron chi connectivity index (χ3n) is 9.22. The number of thioether (sulfide) groups is 2. The summed E-state index contributed by atoms with van der Waals surface area (Å²) in [5.41, 5.74) is 0.111. The molecule has 1 N–H and O–H groups in total. The van der Waals surface area contributed by atoms with E-state index in [0.717, 1.165) is 37.7 Å². The lowest BCUT2D eigenvalue weighted by molar-refractivity contribution is -0.122. The molecule has 1 unspecified atom stereocenters. The van der Waals surface area contributed by atoms with Crippen LogP contribution in [-0.4, -0.2) is 37.2 Å². The molecule has 0 radical (unpaired) electrons. The van der Waals surface area contributed by atoms with Crippen molar-refractivity contribution in [3.8, 4) is 0 Å². The van der Waals surface area contributed by atoms with E-state index in [2.05, 4.69) is 13.8 Å². The van der Waals surface area contributed by atoms with Crippen molar-refractivity contribution in [3.05, 3.63) is 11.6 Å². The second kappa shape index (κ2) is 7.48. The van der Waals surface area contributed by atoms with Gasteiger partial charge in [0.15, 0.2) is 16.0 Å². The zero-order valence-corrected chi connectivity index (χ0v) is 20.3. The van der Waals surface area contributed by atoms with E-state index in [1.165, 1.54) is 23.5 Å². The summed E-state index contributed by atoms with van der Waals surface area (Å²) in [6, 6.07) is 0. The van der Waals surface area contributed by atoms with Crippen LogP contribution in [0.1, 0.15) is 73.1 Å². The van der Waals surface area contributed by atoms with Crippen molar-refractivity contribution in [2.24, 2.45) is 28.6 Å². The number of carbonyl (C=O) groups excluding carboxylic acids is 3. The van der Waals surface area contributed by atoms with Gasteiger partial charge in [0.1, 0.15) is 0 Å². The molecule has 0 aromatic carbocycles. The first-order valence-electron chi connectivity index (χ1n) is 11.2. The van der Waals surface area contributed by atoms with E-state index in [-0.39, 0.29) is 37.3 Å². The van der Waals surface area contributed by atoms with Crippen LogP contribution >= 0.6 is 23.5 Å². The molecule has 3 saturated carbocycles. The molecule has 0 saturated heterocycles. The summed E-state index contributed by atoms with van der Waals surface area (Å²) >= 11 is 2.77. The first kappa shape index (κ1) is 22.6. The van der Waals surface area contributed by atoms with Gasteiger partial charge in [-0.25, -0.2) is 0 Å². The average Bonchev–Trinajstić information content (AvgIpc) is 2.86. The molecule has 6 heteroatoms. The van der Waals surface area contributed by atoms with Crippen LogP contribution in [0.2, 0.25) is 0 Å². The van der Waals surface area contributed by atoms with Crippen molar-refractivity contribution in [2.45, 2.75) is 89.2 Å². The minimum absolute atomic E-state index is 0.0375. The van der Waals surface area contributed by atoms with Crippen LogP contribution in [0.3, 0.4) is 0 Å². The largest absolute Gasteiger partial charge is 0.390 e. The molecule has 0 aliphatic heterocycles. The molecule has 4 nitrogen and oxygen atoms in total. The Kier molecular flexibility index (Phi) is 5.64. The molecule has 0 aromatic heterocycles. The molecule has 30 heavy (non-hydrogen) atoms. The highest BCUT2D eigenvalue weighted by Crippen LogP contribution is 2.69. The lowest BCUT2D eigenvalue weighted by atomic mass is 9.46. The Balaban J connectivity index is 1.81. The average molecular weight is 451 g/mol. The van der Waals surface area contributed by atoms with Gasteiger partial charge in [-0.15, -0.1) is 0 Å². The fraction of sp³-hybridized carbons (Fsp3) is 0.792. The third kappa shape index (κ3) is 3.27. The molecule has 0 spiro atoms. The molecule has 4 aliphatic carbocycles. The van der Waals surface area contributed by atoms with Gasteiger partial charge in [0.25, 0.3) is 0 Å². The van der Waals surface area contributed by atoms with Crippen molar-refractivity contribution in [1.82, 2.24) is 0 Å². The Morgan fingerprint density at radius 3 is 2.27 bits per heavy atom. The summed E-state index contributed by atoms with van der Waals surface area (Å²) in [4.78, 5) is 36.8. The number of rotatable bonds is 2. The molecular weight excluding hydrogens is 416 g/mol. The Bertz CT molecular complexity index is 818. The van der Waals surface area contributed by atoms with Gasteiger partial charge in [-0.05, 0) is 68.3 Å². The lowest BCUT2D eigenvalue weighted by Crippen LogP contribution is -2.59. The number of allylic oxidation sites excluding steroid dienone is 1. The second-order valence-electron chi connectivity index (χ2n) is 10.6. The first-order chi connectivity index (χ1) is 13.9. The third-order valence-corrected chi connectivity index (χ3v) is 11.6. The van der Waals surface area contributed by atoms with Gasteiger partial charge in [0.2, 0.25) is 0 Å². The Morgan fingerprint density at radius 2 is 1.63 bits per heavy atom. The molecule has 3 fully saturated rings. The summed E-state index contributed by atoms with van der Waals surface area (Å²) in [6.07, 6.45) is 6.70. The number of fused-ring (bicyclic) bond motifs is 5. The molecule has 0 bridgehead atoms. The molecule has 4 aliphatic rings. The van der Waals surface area contributed by atoms with E-state index in [0.29, 0.717) is 24.2 Å². The zero-order valence-electron chi connectivity index (χ0n) is 18.7. The van der Waals surface area contributed by atoms with Crippen molar-refractivity contribution in [2.75, 3.05) is 0 Å². The van der Waals surface area contributed by atoms with Crippen LogP contribution in [0.4, 0.5) is 0 Å². The highest BCUT2D eigenvalue weighted by atomic mass is 32.2. The van der Waals surface area contributed by atoms with Gasteiger partial charge in [-0.3, -0.25) is 14.4 Å². The minimum Gasteiger partial charge on any atom is -0.390 e. The van der Waals surface area contributed by atoms with Crippen molar-refractivity contribution >= 4 is 39.5 Å². The van der Waals surface area contributed by atoms with Crippen LogP contribution < -0.4 is 0 Å². The second-order valence-corrected chi connectivity index (χ2v) is 13.4. The molecule has 8 atom stereocenters. The monoisotopic (exact) mass is 450 g/mol. The van der Waals surface area contributed by atoms with Crippen LogP contribution in [-0.2, 0) is 14.4 Å². The Labute approximate surface area is 188 Å². The van der Waals surface area contributed by atoms with E-state index in [4.69, 9.17) is 0 Å². The first-order valence-corrected chi connectivity index (χ1v) is 13.0. The number of hydrogen-bond donors (Lipinski definition) is 1. The minimum atomic E-state index is -0.679. The van der Waals surface area contributed by atoms with Gasteiger partial charge >= 0.3 is 0 Å². The molecular formula is C24H34O4S2. The van der Waals surface area contributed by atoms with Gasteiger partial charge in [-0.2, -0.15) is 0 Å². The van der Waals surface area contributed by atoms with Gasteiger partial charge in [0.05, 0.1) is 5.60 Å². The number of aliphatic hydroxyl groups is 1. The van der Waals surface area contributed by atoms with Crippen molar-refractivity contribution < 1.29 is 19.5 Å². The number of ketones is 1. The zero-order chi connectivity index (χ0) is 22.1. The topological polar surface area (TPSA) is 71.4 Å². The highest BCUT2D eigenvalue weighted by molar-refractivity contribution is 8.14. The van der Waals surface area contributed by atoms with Gasteiger partial charge in [0, 0.05) is 36.2 Å². The van der Waals surface area contributed by atoms with E-state index >= 15 is 0 Å². The quantitative estimate of drug-likeness (QED) is 0.652. The van der Waals surface area contributed by atoms with E-state index in [9.17, 15) is 19.5 Å². The summed E-state index contributed by atoms with van der Waals surface area (Å²) in [5.74, 6) is 1.11. The van der Waals surface area contributed by atoms with E-state index in [1.54, 1.807) is 13.8 Å². The normalized spacial score (nSPS) is 47.7. The fourth-order valence-corrected chi connectivity index (χ4v) is 9.92. The van der Waals surface area contributed by atoms with Crippen molar-refractivity contribution in [1.29, 1.82) is 0 Å². The Hall–Kier alpha value is -0.590. The van der Waals surface area contributed by atoms with Gasteiger partial charge < -0.3 is 5.11 Å². The van der Waals surface area contributed by atoms with E-state index in [1.807, 2.05) is 13.0 Å². The molecule has 0 aromatic rings. The summed E-state index contributed by atoms with van der Waals surface area (Å²) in [7, 11) is 0. The van der Waals surface area contributed by atoms with Crippen LogP contribution in [0, 0.1) is 28.6 Å². The number of hydrogen-bond acceptors (Lipinski definition) is 6. The predicted octanol–water partition coefficient (Wildman–Crippen LogP) is 4.79. The molecule has 4 rings (SSSR count). The summed E-state index contributed by atoms with van der Waals surface area (Å²) in [5, 5.41) is 11.5. The maximum Gasteiger partial charge on any atom is 0.186 e.